The van der Waals surface area contributed by atoms with Crippen molar-refractivity contribution in [1.82, 2.24) is 19.8 Å². The summed E-state index contributed by atoms with van der Waals surface area (Å²) in [6.07, 6.45) is 2.15. The van der Waals surface area contributed by atoms with Crippen LogP contribution in [0.4, 0.5) is 10.5 Å². The van der Waals surface area contributed by atoms with Crippen LogP contribution in [0.3, 0.4) is 0 Å². The molecule has 0 unspecified atom stereocenters. The molecule has 158 valence electrons. The fourth-order valence-electron chi connectivity index (χ4n) is 3.57. The predicted molar refractivity (Wildman–Crippen MR) is 119 cm³/mol. The van der Waals surface area contributed by atoms with Gasteiger partial charge in [-0.1, -0.05) is 25.5 Å². The van der Waals surface area contributed by atoms with Gasteiger partial charge in [0, 0.05) is 31.9 Å². The second-order valence-corrected chi connectivity index (χ2v) is 7.62. The number of rotatable bonds is 7. The molecule has 1 aliphatic heterocycles. The zero-order valence-corrected chi connectivity index (χ0v) is 17.4. The smallest absolute Gasteiger partial charge is 0.321 e. The van der Waals surface area contributed by atoms with E-state index >= 15 is 0 Å². The number of para-hydroxylation sites is 2. The second kappa shape index (κ2) is 9.63. The van der Waals surface area contributed by atoms with Crippen molar-refractivity contribution in [2.75, 3.05) is 38.1 Å². The predicted octanol–water partition coefficient (Wildman–Crippen LogP) is 4.09. The van der Waals surface area contributed by atoms with Gasteiger partial charge in [0.15, 0.2) is 0 Å². The SMILES string of the molecule is CCCCOc1ccc(NC(=O)N2CCN(Cc3nc4ccccc4[nH]3)CC2)cc1. The van der Waals surface area contributed by atoms with Crippen molar-refractivity contribution in [1.29, 1.82) is 0 Å². The summed E-state index contributed by atoms with van der Waals surface area (Å²) in [6, 6.07) is 15.6. The molecule has 2 aromatic carbocycles. The highest BCUT2D eigenvalue weighted by atomic mass is 16.5. The van der Waals surface area contributed by atoms with Crippen molar-refractivity contribution in [3.8, 4) is 5.75 Å². The molecule has 0 atom stereocenters. The number of hydrogen-bond acceptors (Lipinski definition) is 4. The first kappa shape index (κ1) is 20.2. The van der Waals surface area contributed by atoms with Crippen LogP contribution in [0.25, 0.3) is 11.0 Å². The number of carbonyl (C=O) groups excluding carboxylic acids is 1. The van der Waals surface area contributed by atoms with E-state index in [-0.39, 0.29) is 6.03 Å². The van der Waals surface area contributed by atoms with Crippen molar-refractivity contribution in [3.05, 3.63) is 54.4 Å². The third-order valence-corrected chi connectivity index (χ3v) is 5.34. The van der Waals surface area contributed by atoms with E-state index in [4.69, 9.17) is 4.74 Å². The van der Waals surface area contributed by atoms with Crippen molar-refractivity contribution < 1.29 is 9.53 Å². The summed E-state index contributed by atoms with van der Waals surface area (Å²) in [7, 11) is 0. The minimum absolute atomic E-state index is 0.0574. The van der Waals surface area contributed by atoms with Gasteiger partial charge < -0.3 is 19.9 Å². The quantitative estimate of drug-likeness (QED) is 0.579. The minimum Gasteiger partial charge on any atom is -0.494 e. The third-order valence-electron chi connectivity index (χ3n) is 5.34. The average Bonchev–Trinajstić information content (AvgIpc) is 3.18. The summed E-state index contributed by atoms with van der Waals surface area (Å²) >= 11 is 0. The molecular weight excluding hydrogens is 378 g/mol. The average molecular weight is 408 g/mol. The number of piperazine rings is 1. The van der Waals surface area contributed by atoms with Gasteiger partial charge in [-0.05, 0) is 42.8 Å². The number of fused-ring (bicyclic) bond motifs is 1. The molecule has 30 heavy (non-hydrogen) atoms. The molecule has 1 saturated heterocycles. The summed E-state index contributed by atoms with van der Waals surface area (Å²) in [5.41, 5.74) is 2.84. The van der Waals surface area contributed by atoms with E-state index in [0.717, 1.165) is 67.4 Å². The zero-order chi connectivity index (χ0) is 20.8. The number of nitrogens with one attached hydrogen (secondary N) is 2. The lowest BCUT2D eigenvalue weighted by molar-refractivity contribution is 0.141. The number of unbranched alkanes of at least 4 members (excludes halogenated alkanes) is 1. The Bertz CT molecular complexity index is 928. The first-order valence-electron chi connectivity index (χ1n) is 10.7. The largest absolute Gasteiger partial charge is 0.494 e. The van der Waals surface area contributed by atoms with Crippen LogP contribution < -0.4 is 10.1 Å². The Hall–Kier alpha value is -3.06. The van der Waals surface area contributed by atoms with E-state index in [0.29, 0.717) is 13.1 Å². The van der Waals surface area contributed by atoms with Gasteiger partial charge in [-0.25, -0.2) is 9.78 Å². The first-order valence-corrected chi connectivity index (χ1v) is 10.7. The summed E-state index contributed by atoms with van der Waals surface area (Å²) in [4.78, 5) is 24.8. The number of aromatic nitrogens is 2. The van der Waals surface area contributed by atoms with Crippen LogP contribution in [-0.2, 0) is 6.54 Å². The lowest BCUT2D eigenvalue weighted by Gasteiger charge is -2.34. The lowest BCUT2D eigenvalue weighted by Crippen LogP contribution is -2.49. The maximum Gasteiger partial charge on any atom is 0.321 e. The van der Waals surface area contributed by atoms with Gasteiger partial charge in [-0.3, -0.25) is 4.90 Å². The summed E-state index contributed by atoms with van der Waals surface area (Å²) in [5.74, 6) is 1.80. The van der Waals surface area contributed by atoms with Crippen LogP contribution in [0.1, 0.15) is 25.6 Å². The number of amides is 2. The Kier molecular flexibility index (Phi) is 6.49. The number of carbonyl (C=O) groups is 1. The van der Waals surface area contributed by atoms with Gasteiger partial charge >= 0.3 is 6.03 Å². The van der Waals surface area contributed by atoms with Crippen LogP contribution in [-0.4, -0.2) is 58.6 Å². The molecular formula is C23H29N5O2. The van der Waals surface area contributed by atoms with Crippen LogP contribution in [0.15, 0.2) is 48.5 Å². The van der Waals surface area contributed by atoms with Crippen LogP contribution >= 0.6 is 0 Å². The lowest BCUT2D eigenvalue weighted by atomic mass is 10.3. The van der Waals surface area contributed by atoms with E-state index in [1.807, 2.05) is 53.4 Å². The molecule has 0 saturated carbocycles. The molecule has 2 amide bonds. The first-order chi connectivity index (χ1) is 14.7. The second-order valence-electron chi connectivity index (χ2n) is 7.62. The molecule has 1 aliphatic rings. The highest BCUT2D eigenvalue weighted by Crippen LogP contribution is 2.17. The number of hydrogen-bond donors (Lipinski definition) is 2. The number of H-pyrrole nitrogens is 1. The zero-order valence-electron chi connectivity index (χ0n) is 17.4. The highest BCUT2D eigenvalue weighted by molar-refractivity contribution is 5.89. The fraction of sp³-hybridized carbons (Fsp3) is 0.391. The number of nitrogens with zero attached hydrogens (tertiary/aromatic N) is 3. The molecule has 7 heteroatoms. The molecule has 7 nitrogen and oxygen atoms in total. The topological polar surface area (TPSA) is 73.5 Å². The minimum atomic E-state index is -0.0574. The van der Waals surface area contributed by atoms with Gasteiger partial charge in [0.25, 0.3) is 0 Å². The molecule has 2 N–H and O–H groups in total. The van der Waals surface area contributed by atoms with Crippen molar-refractivity contribution >= 4 is 22.8 Å². The van der Waals surface area contributed by atoms with E-state index in [2.05, 4.69) is 27.1 Å². The van der Waals surface area contributed by atoms with Crippen LogP contribution in [0.5, 0.6) is 5.75 Å². The number of imidazole rings is 1. The molecule has 0 spiro atoms. The summed E-state index contributed by atoms with van der Waals surface area (Å²) in [5, 5.41) is 2.98. The molecule has 3 aromatic rings. The van der Waals surface area contributed by atoms with Gasteiger partial charge in [0.05, 0.1) is 24.2 Å². The number of ether oxygens (including phenoxy) is 1. The number of anilines is 1. The van der Waals surface area contributed by atoms with Crippen molar-refractivity contribution in [2.45, 2.75) is 26.3 Å². The van der Waals surface area contributed by atoms with Crippen molar-refractivity contribution in [2.24, 2.45) is 0 Å². The molecule has 0 radical (unpaired) electrons. The number of benzene rings is 2. The fourth-order valence-corrected chi connectivity index (χ4v) is 3.57. The molecule has 0 aliphatic carbocycles. The van der Waals surface area contributed by atoms with Crippen molar-refractivity contribution in [3.63, 3.8) is 0 Å². The van der Waals surface area contributed by atoms with Gasteiger partial charge in [0.1, 0.15) is 11.6 Å². The summed E-state index contributed by atoms with van der Waals surface area (Å²) < 4.78 is 5.67. The van der Waals surface area contributed by atoms with Gasteiger partial charge in [-0.2, -0.15) is 0 Å². The summed E-state index contributed by atoms with van der Waals surface area (Å²) in [6.45, 7) is 6.68. The standard InChI is InChI=1S/C23H29N5O2/c1-2-3-16-30-19-10-8-18(9-11-19)24-23(29)28-14-12-27(13-15-28)17-22-25-20-6-4-5-7-21(20)26-22/h4-11H,2-3,12-17H2,1H3,(H,24,29)(H,25,26). The maximum absolute atomic E-state index is 12.6. The Balaban J connectivity index is 1.24. The number of urea groups is 1. The molecule has 2 heterocycles. The van der Waals surface area contributed by atoms with E-state index in [1.165, 1.54) is 0 Å². The third kappa shape index (κ3) is 5.10. The van der Waals surface area contributed by atoms with E-state index < -0.39 is 0 Å². The van der Waals surface area contributed by atoms with Crippen LogP contribution in [0, 0.1) is 0 Å². The van der Waals surface area contributed by atoms with Gasteiger partial charge in [0.2, 0.25) is 0 Å². The Labute approximate surface area is 177 Å². The van der Waals surface area contributed by atoms with Crippen LogP contribution in [0.2, 0.25) is 0 Å². The monoisotopic (exact) mass is 407 g/mol. The normalized spacial score (nSPS) is 14.8. The Morgan fingerprint density at radius 3 is 2.60 bits per heavy atom. The Morgan fingerprint density at radius 2 is 1.87 bits per heavy atom. The highest BCUT2D eigenvalue weighted by Gasteiger charge is 2.22. The molecule has 0 bridgehead atoms. The Morgan fingerprint density at radius 1 is 1.10 bits per heavy atom. The molecule has 1 aromatic heterocycles. The van der Waals surface area contributed by atoms with E-state index in [9.17, 15) is 4.79 Å². The molecule has 4 rings (SSSR count). The van der Waals surface area contributed by atoms with E-state index in [1.54, 1.807) is 0 Å². The maximum atomic E-state index is 12.6. The number of aromatic amines is 1. The van der Waals surface area contributed by atoms with Gasteiger partial charge in [-0.15, -0.1) is 0 Å². The molecule has 1 fully saturated rings.